The predicted octanol–water partition coefficient (Wildman–Crippen LogP) is 2.68. The summed E-state index contributed by atoms with van der Waals surface area (Å²) in [6, 6.07) is 13.4. The van der Waals surface area contributed by atoms with Gasteiger partial charge in [-0.1, -0.05) is 6.07 Å². The zero-order chi connectivity index (χ0) is 24.6. The molecule has 180 valence electrons. The van der Waals surface area contributed by atoms with Gasteiger partial charge in [0.15, 0.2) is 18.1 Å². The number of rotatable bonds is 10. The first kappa shape index (κ1) is 23.5. The molecule has 0 aliphatic heterocycles. The van der Waals surface area contributed by atoms with Crippen LogP contribution in [0.3, 0.4) is 0 Å². The van der Waals surface area contributed by atoms with Crippen molar-refractivity contribution in [3.05, 3.63) is 66.7 Å². The second-order valence-electron chi connectivity index (χ2n) is 7.45. The molecule has 1 amide bonds. The topological polar surface area (TPSA) is 143 Å². The quantitative estimate of drug-likeness (QED) is 0.261. The van der Waals surface area contributed by atoms with Crippen LogP contribution in [0.2, 0.25) is 0 Å². The normalized spacial score (nSPS) is 10.7. The molecule has 11 heteroatoms. The molecule has 2 aromatic heterocycles. The number of carbonyl (C=O) groups is 2. The number of anilines is 2. The number of nitrogen functional groups attached to an aromatic ring is 1. The van der Waals surface area contributed by atoms with Gasteiger partial charge in [-0.15, -0.1) is 0 Å². The third kappa shape index (κ3) is 6.02. The van der Waals surface area contributed by atoms with Crippen LogP contribution < -0.4 is 20.5 Å². The SMILES string of the molecule is COc1cccc(NC(=O)COc2ccc(C(=O)OCCCn3cnc4c(N)ncnc43)cc2)c1. The highest BCUT2D eigenvalue weighted by molar-refractivity contribution is 5.92. The summed E-state index contributed by atoms with van der Waals surface area (Å²) in [5.74, 6) is 0.651. The average Bonchev–Trinajstić information content (AvgIpc) is 3.30. The number of nitrogens with zero attached hydrogens (tertiary/aromatic N) is 4. The highest BCUT2D eigenvalue weighted by Gasteiger charge is 2.10. The Labute approximate surface area is 200 Å². The lowest BCUT2D eigenvalue weighted by Gasteiger charge is -2.09. The van der Waals surface area contributed by atoms with Gasteiger partial charge in [0.2, 0.25) is 0 Å². The Morgan fingerprint density at radius 1 is 1.06 bits per heavy atom. The standard InChI is InChI=1S/C24H24N6O5/c1-33-19-5-2-4-17(12-19)29-20(31)13-35-18-8-6-16(7-9-18)24(32)34-11-3-10-30-15-28-21-22(25)26-14-27-23(21)30/h2,4-9,12,14-15H,3,10-11,13H2,1H3,(H,29,31)(H2,25,26,27). The molecule has 0 spiro atoms. The Kier molecular flexibility index (Phi) is 7.36. The molecule has 4 aromatic rings. The number of aryl methyl sites for hydroxylation is 1. The number of amides is 1. The Morgan fingerprint density at radius 3 is 2.69 bits per heavy atom. The summed E-state index contributed by atoms with van der Waals surface area (Å²) in [7, 11) is 1.55. The van der Waals surface area contributed by atoms with Gasteiger partial charge in [0.05, 0.1) is 25.6 Å². The second kappa shape index (κ2) is 11.0. The van der Waals surface area contributed by atoms with Gasteiger partial charge < -0.3 is 29.8 Å². The number of carbonyl (C=O) groups excluding carboxylic acids is 2. The Hall–Kier alpha value is -4.67. The molecule has 4 rings (SSSR count). The highest BCUT2D eigenvalue weighted by atomic mass is 16.5. The molecule has 0 saturated carbocycles. The summed E-state index contributed by atoms with van der Waals surface area (Å²) < 4.78 is 17.8. The van der Waals surface area contributed by atoms with Crippen molar-refractivity contribution in [2.24, 2.45) is 0 Å². The zero-order valence-electron chi connectivity index (χ0n) is 19.0. The van der Waals surface area contributed by atoms with Crippen molar-refractivity contribution in [1.29, 1.82) is 0 Å². The number of hydrogen-bond donors (Lipinski definition) is 2. The molecule has 0 bridgehead atoms. The van der Waals surface area contributed by atoms with Crippen LogP contribution in [0, 0.1) is 0 Å². The van der Waals surface area contributed by atoms with Gasteiger partial charge in [-0.3, -0.25) is 4.79 Å². The maximum absolute atomic E-state index is 12.3. The first-order chi connectivity index (χ1) is 17.0. The van der Waals surface area contributed by atoms with E-state index in [2.05, 4.69) is 20.3 Å². The number of nitrogens with two attached hydrogens (primary N) is 1. The van der Waals surface area contributed by atoms with E-state index in [0.29, 0.717) is 52.7 Å². The van der Waals surface area contributed by atoms with Crippen molar-refractivity contribution >= 4 is 34.5 Å². The Bertz CT molecular complexity index is 1320. The van der Waals surface area contributed by atoms with E-state index in [1.54, 1.807) is 62.0 Å². The lowest BCUT2D eigenvalue weighted by Crippen LogP contribution is -2.20. The van der Waals surface area contributed by atoms with Crippen molar-refractivity contribution in [3.63, 3.8) is 0 Å². The van der Waals surface area contributed by atoms with Crippen molar-refractivity contribution in [2.75, 3.05) is 31.4 Å². The van der Waals surface area contributed by atoms with E-state index in [1.165, 1.54) is 6.33 Å². The molecule has 0 aliphatic rings. The Balaban J connectivity index is 1.20. The molecule has 0 saturated heterocycles. The maximum Gasteiger partial charge on any atom is 0.338 e. The van der Waals surface area contributed by atoms with Crippen molar-refractivity contribution in [3.8, 4) is 11.5 Å². The van der Waals surface area contributed by atoms with Gasteiger partial charge in [0.1, 0.15) is 23.3 Å². The van der Waals surface area contributed by atoms with Crippen molar-refractivity contribution < 1.29 is 23.8 Å². The monoisotopic (exact) mass is 476 g/mol. The largest absolute Gasteiger partial charge is 0.497 e. The van der Waals surface area contributed by atoms with Crippen molar-refractivity contribution in [1.82, 2.24) is 19.5 Å². The lowest BCUT2D eigenvalue weighted by molar-refractivity contribution is -0.118. The number of ether oxygens (including phenoxy) is 3. The molecule has 0 fully saturated rings. The second-order valence-corrected chi connectivity index (χ2v) is 7.45. The highest BCUT2D eigenvalue weighted by Crippen LogP contribution is 2.18. The molecule has 3 N–H and O–H groups in total. The molecule has 2 aromatic carbocycles. The fraction of sp³-hybridized carbons (Fsp3) is 0.208. The predicted molar refractivity (Wildman–Crippen MR) is 128 cm³/mol. The van der Waals surface area contributed by atoms with Crippen LogP contribution in [0.1, 0.15) is 16.8 Å². The Morgan fingerprint density at radius 2 is 1.89 bits per heavy atom. The number of fused-ring (bicyclic) bond motifs is 1. The fourth-order valence-corrected chi connectivity index (χ4v) is 3.28. The van der Waals surface area contributed by atoms with Gasteiger partial charge in [0, 0.05) is 18.3 Å². The van der Waals surface area contributed by atoms with Crippen LogP contribution >= 0.6 is 0 Å². The molecular weight excluding hydrogens is 452 g/mol. The first-order valence-corrected chi connectivity index (χ1v) is 10.8. The number of methoxy groups -OCH3 is 1. The average molecular weight is 476 g/mol. The van der Waals surface area contributed by atoms with Crippen LogP contribution in [0.5, 0.6) is 11.5 Å². The number of esters is 1. The summed E-state index contributed by atoms with van der Waals surface area (Å²) in [6.45, 7) is 0.604. The van der Waals surface area contributed by atoms with E-state index in [9.17, 15) is 9.59 Å². The van der Waals surface area contributed by atoms with Crippen LogP contribution in [0.4, 0.5) is 11.5 Å². The number of aromatic nitrogens is 4. The van der Waals surface area contributed by atoms with E-state index in [0.717, 1.165) is 0 Å². The third-order valence-corrected chi connectivity index (χ3v) is 5.02. The van der Waals surface area contributed by atoms with Crippen LogP contribution in [-0.4, -0.2) is 51.7 Å². The third-order valence-electron chi connectivity index (χ3n) is 5.02. The molecule has 2 heterocycles. The fourth-order valence-electron chi connectivity index (χ4n) is 3.28. The van der Waals surface area contributed by atoms with Crippen LogP contribution in [-0.2, 0) is 16.1 Å². The summed E-state index contributed by atoms with van der Waals surface area (Å²) in [6.07, 6.45) is 3.59. The van der Waals surface area contributed by atoms with Crippen LogP contribution in [0.25, 0.3) is 11.2 Å². The number of benzene rings is 2. The molecule has 0 atom stereocenters. The zero-order valence-corrected chi connectivity index (χ0v) is 19.0. The summed E-state index contributed by atoms with van der Waals surface area (Å²) in [5.41, 5.74) is 7.95. The first-order valence-electron chi connectivity index (χ1n) is 10.8. The number of nitrogens with one attached hydrogen (secondary N) is 1. The van der Waals surface area contributed by atoms with Gasteiger partial charge in [-0.05, 0) is 42.8 Å². The van der Waals surface area contributed by atoms with Gasteiger partial charge in [-0.2, -0.15) is 0 Å². The molecule has 35 heavy (non-hydrogen) atoms. The summed E-state index contributed by atoms with van der Waals surface area (Å²) in [5, 5.41) is 2.73. The van der Waals surface area contributed by atoms with E-state index in [-0.39, 0.29) is 19.1 Å². The molecule has 11 nitrogen and oxygen atoms in total. The number of hydrogen-bond acceptors (Lipinski definition) is 9. The molecular formula is C24H24N6O5. The molecule has 0 unspecified atom stereocenters. The minimum absolute atomic E-state index is 0.180. The molecule has 0 aliphatic carbocycles. The van der Waals surface area contributed by atoms with Crippen molar-refractivity contribution in [2.45, 2.75) is 13.0 Å². The van der Waals surface area contributed by atoms with E-state index < -0.39 is 5.97 Å². The minimum Gasteiger partial charge on any atom is -0.497 e. The van der Waals surface area contributed by atoms with E-state index in [4.69, 9.17) is 19.9 Å². The smallest absolute Gasteiger partial charge is 0.338 e. The molecule has 0 radical (unpaired) electrons. The number of imidazole rings is 1. The summed E-state index contributed by atoms with van der Waals surface area (Å²) >= 11 is 0. The van der Waals surface area contributed by atoms with E-state index in [1.807, 2.05) is 4.57 Å². The lowest BCUT2D eigenvalue weighted by atomic mass is 10.2. The van der Waals surface area contributed by atoms with Gasteiger partial charge >= 0.3 is 5.97 Å². The van der Waals surface area contributed by atoms with E-state index >= 15 is 0 Å². The summed E-state index contributed by atoms with van der Waals surface area (Å²) in [4.78, 5) is 36.7. The van der Waals surface area contributed by atoms with Crippen LogP contribution in [0.15, 0.2) is 61.2 Å². The van der Waals surface area contributed by atoms with Gasteiger partial charge in [-0.25, -0.2) is 19.7 Å². The van der Waals surface area contributed by atoms with Gasteiger partial charge in [0.25, 0.3) is 5.91 Å². The minimum atomic E-state index is -0.450. The maximum atomic E-state index is 12.3.